The summed E-state index contributed by atoms with van der Waals surface area (Å²) in [7, 11) is 2.85. The topological polar surface area (TPSA) is 89.0 Å². The number of nitrogens with zero attached hydrogens (tertiary/aromatic N) is 2. The van der Waals surface area contributed by atoms with E-state index >= 15 is 0 Å². The second kappa shape index (κ2) is 8.50. The van der Waals surface area contributed by atoms with Gasteiger partial charge in [0.2, 0.25) is 0 Å². The summed E-state index contributed by atoms with van der Waals surface area (Å²) in [5, 5.41) is 11.1. The fourth-order valence-electron chi connectivity index (χ4n) is 3.73. The standard InChI is InChI=1S/C24H19FN2O5/c1-31-17-5-3-4-16(13-17)27-21(14-8-10-26-11-9-14)20(23(29)24(27)30)22(28)18-12-15(25)6-7-19(18)32-2/h3-13,21,28H,1-2H3/b22-20+. The first-order valence-corrected chi connectivity index (χ1v) is 9.65. The maximum Gasteiger partial charge on any atom is 0.300 e. The van der Waals surface area contributed by atoms with Crippen LogP contribution in [0.25, 0.3) is 5.76 Å². The molecule has 1 saturated heterocycles. The highest BCUT2D eigenvalue weighted by Crippen LogP contribution is 2.43. The molecule has 0 spiro atoms. The number of anilines is 1. The van der Waals surface area contributed by atoms with Gasteiger partial charge in [0, 0.05) is 24.1 Å². The highest BCUT2D eigenvalue weighted by atomic mass is 19.1. The van der Waals surface area contributed by atoms with E-state index in [9.17, 15) is 19.1 Å². The number of Topliss-reactive ketones (excluding diaryl/α,β-unsaturated/α-hetero) is 1. The molecule has 1 aromatic heterocycles. The Morgan fingerprint density at radius 2 is 1.78 bits per heavy atom. The van der Waals surface area contributed by atoms with Gasteiger partial charge in [0.05, 0.1) is 31.4 Å². The molecular weight excluding hydrogens is 415 g/mol. The Morgan fingerprint density at radius 3 is 2.47 bits per heavy atom. The lowest BCUT2D eigenvalue weighted by molar-refractivity contribution is -0.132. The zero-order chi connectivity index (χ0) is 22.8. The van der Waals surface area contributed by atoms with Crippen molar-refractivity contribution >= 4 is 23.1 Å². The lowest BCUT2D eigenvalue weighted by Crippen LogP contribution is -2.29. The van der Waals surface area contributed by atoms with Crippen molar-refractivity contribution < 1.29 is 28.6 Å². The van der Waals surface area contributed by atoms with Crippen LogP contribution in [0.3, 0.4) is 0 Å². The van der Waals surface area contributed by atoms with E-state index in [0.29, 0.717) is 17.0 Å². The average molecular weight is 434 g/mol. The van der Waals surface area contributed by atoms with Gasteiger partial charge in [0.1, 0.15) is 23.1 Å². The van der Waals surface area contributed by atoms with Crippen LogP contribution in [0.5, 0.6) is 11.5 Å². The molecule has 0 radical (unpaired) electrons. The van der Waals surface area contributed by atoms with Gasteiger partial charge in [-0.1, -0.05) is 6.07 Å². The van der Waals surface area contributed by atoms with Gasteiger partial charge in [-0.2, -0.15) is 0 Å². The number of hydrogen-bond donors (Lipinski definition) is 1. The number of aliphatic hydroxyl groups is 1. The molecular formula is C24H19FN2O5. The maximum absolute atomic E-state index is 14.0. The summed E-state index contributed by atoms with van der Waals surface area (Å²) < 4.78 is 24.5. The number of carbonyl (C=O) groups excluding carboxylic acids is 2. The quantitative estimate of drug-likeness (QED) is 0.373. The number of amides is 1. The molecule has 32 heavy (non-hydrogen) atoms. The Kier molecular flexibility index (Phi) is 5.59. The monoisotopic (exact) mass is 434 g/mol. The number of pyridine rings is 1. The number of ether oxygens (including phenoxy) is 2. The zero-order valence-electron chi connectivity index (χ0n) is 17.3. The van der Waals surface area contributed by atoms with Gasteiger partial charge in [-0.25, -0.2) is 4.39 Å². The molecule has 1 N–H and O–H groups in total. The molecule has 162 valence electrons. The van der Waals surface area contributed by atoms with Crippen LogP contribution in [0.4, 0.5) is 10.1 Å². The molecule has 1 aliphatic heterocycles. The van der Waals surface area contributed by atoms with Gasteiger partial charge in [-0.15, -0.1) is 0 Å². The number of halogens is 1. The first kappa shape index (κ1) is 21.0. The van der Waals surface area contributed by atoms with Crippen LogP contribution in [-0.2, 0) is 9.59 Å². The molecule has 4 rings (SSSR count). The maximum atomic E-state index is 14.0. The summed E-state index contributed by atoms with van der Waals surface area (Å²) in [4.78, 5) is 31.5. The van der Waals surface area contributed by atoms with Crippen LogP contribution < -0.4 is 14.4 Å². The van der Waals surface area contributed by atoms with Crippen molar-refractivity contribution in [3.63, 3.8) is 0 Å². The second-order valence-electron chi connectivity index (χ2n) is 7.00. The summed E-state index contributed by atoms with van der Waals surface area (Å²) >= 11 is 0. The molecule has 0 aliphatic carbocycles. The van der Waals surface area contributed by atoms with E-state index < -0.39 is 29.3 Å². The Hall–Kier alpha value is -4.20. The smallest absolute Gasteiger partial charge is 0.300 e. The highest BCUT2D eigenvalue weighted by molar-refractivity contribution is 6.51. The number of ketones is 1. The molecule has 1 fully saturated rings. The number of hydrogen-bond acceptors (Lipinski definition) is 6. The molecule has 8 heteroatoms. The summed E-state index contributed by atoms with van der Waals surface area (Å²) in [6, 6.07) is 12.5. The Balaban J connectivity index is 1.98. The minimum absolute atomic E-state index is 0.0322. The van der Waals surface area contributed by atoms with Gasteiger partial charge in [0.15, 0.2) is 0 Å². The van der Waals surface area contributed by atoms with Crippen molar-refractivity contribution in [3.8, 4) is 11.5 Å². The van der Waals surface area contributed by atoms with E-state index in [1.807, 2.05) is 0 Å². The third-order valence-electron chi connectivity index (χ3n) is 5.21. The SMILES string of the molecule is COc1cccc(N2C(=O)C(=O)/C(=C(/O)c3cc(F)ccc3OC)C2c2ccncc2)c1. The van der Waals surface area contributed by atoms with Crippen LogP contribution in [0.1, 0.15) is 17.2 Å². The van der Waals surface area contributed by atoms with Crippen molar-refractivity contribution in [2.45, 2.75) is 6.04 Å². The minimum Gasteiger partial charge on any atom is -0.507 e. The molecule has 1 unspecified atom stereocenters. The van der Waals surface area contributed by atoms with Crippen molar-refractivity contribution in [1.29, 1.82) is 0 Å². The van der Waals surface area contributed by atoms with E-state index in [-0.39, 0.29) is 16.9 Å². The van der Waals surface area contributed by atoms with Crippen molar-refractivity contribution in [2.24, 2.45) is 0 Å². The van der Waals surface area contributed by atoms with Crippen LogP contribution >= 0.6 is 0 Å². The number of carbonyl (C=O) groups is 2. The van der Waals surface area contributed by atoms with Gasteiger partial charge >= 0.3 is 0 Å². The fraction of sp³-hybridized carbons (Fsp3) is 0.125. The van der Waals surface area contributed by atoms with E-state index in [2.05, 4.69) is 4.98 Å². The highest BCUT2D eigenvalue weighted by Gasteiger charge is 2.47. The molecule has 7 nitrogen and oxygen atoms in total. The van der Waals surface area contributed by atoms with Crippen LogP contribution in [-0.4, -0.2) is 36.0 Å². The van der Waals surface area contributed by atoms with E-state index in [1.165, 1.54) is 43.6 Å². The Labute approximate surface area is 183 Å². The molecule has 1 aliphatic rings. The number of aliphatic hydroxyl groups excluding tert-OH is 1. The van der Waals surface area contributed by atoms with Crippen molar-refractivity contribution in [1.82, 2.24) is 4.98 Å². The Bertz CT molecular complexity index is 1230. The minimum atomic E-state index is -0.974. The predicted molar refractivity (Wildman–Crippen MR) is 115 cm³/mol. The van der Waals surface area contributed by atoms with Gasteiger partial charge in [0.25, 0.3) is 11.7 Å². The molecule has 2 heterocycles. The normalized spacial score (nSPS) is 17.5. The summed E-state index contributed by atoms with van der Waals surface area (Å²) in [5.41, 5.74) is 0.723. The average Bonchev–Trinajstić information content (AvgIpc) is 3.09. The molecule has 1 amide bonds. The molecule has 3 aromatic rings. The zero-order valence-corrected chi connectivity index (χ0v) is 17.3. The molecule has 0 bridgehead atoms. The largest absolute Gasteiger partial charge is 0.507 e. The number of aromatic nitrogens is 1. The number of rotatable bonds is 5. The van der Waals surface area contributed by atoms with Gasteiger partial charge in [-0.05, 0) is 48.0 Å². The van der Waals surface area contributed by atoms with E-state index in [1.54, 1.807) is 36.4 Å². The summed E-state index contributed by atoms with van der Waals surface area (Å²) in [6.07, 6.45) is 3.04. The van der Waals surface area contributed by atoms with Crippen LogP contribution in [0, 0.1) is 5.82 Å². The fourth-order valence-corrected chi connectivity index (χ4v) is 3.73. The third-order valence-corrected chi connectivity index (χ3v) is 5.21. The lowest BCUT2D eigenvalue weighted by Gasteiger charge is -2.25. The third kappa shape index (κ3) is 3.56. The van der Waals surface area contributed by atoms with E-state index in [4.69, 9.17) is 9.47 Å². The number of methoxy groups -OCH3 is 2. The predicted octanol–water partition coefficient (Wildman–Crippen LogP) is 3.86. The van der Waals surface area contributed by atoms with Gasteiger partial charge in [-0.3, -0.25) is 19.5 Å². The number of benzene rings is 2. The molecule has 1 atom stereocenters. The van der Waals surface area contributed by atoms with Crippen molar-refractivity contribution in [2.75, 3.05) is 19.1 Å². The first-order valence-electron chi connectivity index (χ1n) is 9.65. The van der Waals surface area contributed by atoms with Crippen molar-refractivity contribution in [3.05, 3.63) is 89.5 Å². The lowest BCUT2D eigenvalue weighted by atomic mass is 9.95. The van der Waals surface area contributed by atoms with Crippen LogP contribution in [0.2, 0.25) is 0 Å². The second-order valence-corrected chi connectivity index (χ2v) is 7.00. The summed E-state index contributed by atoms with van der Waals surface area (Å²) in [6.45, 7) is 0. The summed E-state index contributed by atoms with van der Waals surface area (Å²) in [5.74, 6) is -2.26. The van der Waals surface area contributed by atoms with Gasteiger partial charge < -0.3 is 14.6 Å². The molecule has 0 saturated carbocycles. The van der Waals surface area contributed by atoms with E-state index in [0.717, 1.165) is 6.07 Å². The Morgan fingerprint density at radius 1 is 1.03 bits per heavy atom. The van der Waals surface area contributed by atoms with Crippen LogP contribution in [0.15, 0.2) is 72.6 Å². The molecule has 2 aromatic carbocycles. The first-order chi connectivity index (χ1) is 15.5.